The number of hydrogen-bond acceptors (Lipinski definition) is 11. The molecule has 1 saturated heterocycles. The van der Waals surface area contributed by atoms with Gasteiger partial charge in [-0.1, -0.05) is 5.16 Å². The van der Waals surface area contributed by atoms with E-state index in [1.54, 1.807) is 16.0 Å². The second-order valence-corrected chi connectivity index (χ2v) is 15.0. The predicted octanol–water partition coefficient (Wildman–Crippen LogP) is 5.17. The van der Waals surface area contributed by atoms with Crippen molar-refractivity contribution in [3.8, 4) is 23.4 Å². The molecule has 47 heavy (non-hydrogen) atoms. The van der Waals surface area contributed by atoms with E-state index in [4.69, 9.17) is 35.6 Å². The first-order valence-electron chi connectivity index (χ1n) is 16.9. The number of fused-ring (bicyclic) bond motifs is 6. The third kappa shape index (κ3) is 4.20. The van der Waals surface area contributed by atoms with Crippen molar-refractivity contribution in [2.45, 2.75) is 101 Å². The van der Waals surface area contributed by atoms with Crippen molar-refractivity contribution in [2.24, 2.45) is 0 Å². The van der Waals surface area contributed by atoms with Gasteiger partial charge in [-0.2, -0.15) is 15.5 Å². The number of nitriles is 1. The molecule has 6 heterocycles. The number of hydrogen-bond donors (Lipinski definition) is 2. The van der Waals surface area contributed by atoms with Gasteiger partial charge in [-0.05, 0) is 102 Å². The van der Waals surface area contributed by atoms with Gasteiger partial charge in [-0.15, -0.1) is 11.3 Å². The standard InChI is InChI=1S/C34H38N10O2S/c1-18(23-9-6-14-42(23)2)44-33-22(16-37-44)32(43-17-19-7-3-10-24(45)27(19)40-43)38-31(39-33)28-20-8-4-12-34(29(20)46-41-28)13-5-11-25-26(34)21(15-35)30(36)47-25/h16-18,23-24,45H,3-14,36H2,1-2H3. The molecule has 9 rings (SSSR count). The van der Waals surface area contributed by atoms with E-state index in [2.05, 4.69) is 24.9 Å². The monoisotopic (exact) mass is 650 g/mol. The van der Waals surface area contributed by atoms with Crippen LogP contribution in [0.2, 0.25) is 0 Å². The van der Waals surface area contributed by atoms with Gasteiger partial charge in [0.2, 0.25) is 0 Å². The average molecular weight is 651 g/mol. The fraction of sp³-hybridized carbons (Fsp3) is 0.529. The lowest BCUT2D eigenvalue weighted by molar-refractivity contribution is 0.151. The number of aliphatic hydroxyl groups is 1. The number of thiophene rings is 1. The van der Waals surface area contributed by atoms with Crippen LogP contribution in [0.5, 0.6) is 0 Å². The van der Waals surface area contributed by atoms with Gasteiger partial charge >= 0.3 is 0 Å². The predicted molar refractivity (Wildman–Crippen MR) is 176 cm³/mol. The molecule has 4 aliphatic rings. The number of likely N-dealkylation sites (tertiary alicyclic amines) is 1. The second-order valence-electron chi connectivity index (χ2n) is 13.9. The van der Waals surface area contributed by atoms with Gasteiger partial charge < -0.3 is 20.3 Å². The van der Waals surface area contributed by atoms with Crippen molar-refractivity contribution in [1.82, 2.24) is 39.6 Å². The normalized spacial score (nSPS) is 24.7. The summed E-state index contributed by atoms with van der Waals surface area (Å²) in [6.07, 6.45) is 13.4. The van der Waals surface area contributed by atoms with Gasteiger partial charge in [0.15, 0.2) is 28.7 Å². The summed E-state index contributed by atoms with van der Waals surface area (Å²) in [5, 5.41) is 36.7. The van der Waals surface area contributed by atoms with E-state index in [9.17, 15) is 10.4 Å². The van der Waals surface area contributed by atoms with Crippen LogP contribution in [0.1, 0.15) is 109 Å². The number of nitrogens with two attached hydrogens (primary N) is 1. The van der Waals surface area contributed by atoms with Crippen LogP contribution in [0, 0.1) is 11.3 Å². The minimum atomic E-state index is -0.582. The Morgan fingerprint density at radius 3 is 2.79 bits per heavy atom. The number of anilines is 1. The Balaban J connectivity index is 1.23. The Bertz CT molecular complexity index is 2080. The zero-order valence-electron chi connectivity index (χ0n) is 26.7. The van der Waals surface area contributed by atoms with Crippen LogP contribution in [0.4, 0.5) is 5.00 Å². The summed E-state index contributed by atoms with van der Waals surface area (Å²) in [5.74, 6) is 1.91. The molecular weight excluding hydrogens is 613 g/mol. The van der Waals surface area contributed by atoms with Crippen molar-refractivity contribution in [2.75, 3.05) is 19.3 Å². The molecule has 4 atom stereocenters. The summed E-state index contributed by atoms with van der Waals surface area (Å²) in [6.45, 7) is 3.28. The Kier molecular flexibility index (Phi) is 6.61. The van der Waals surface area contributed by atoms with Crippen LogP contribution in [0.15, 0.2) is 16.9 Å². The van der Waals surface area contributed by atoms with Gasteiger partial charge in [0.05, 0.1) is 40.4 Å². The van der Waals surface area contributed by atoms with E-state index in [0.29, 0.717) is 40.4 Å². The first-order chi connectivity index (χ1) is 22.9. The number of nitrogens with zero attached hydrogens (tertiary/aromatic N) is 9. The van der Waals surface area contributed by atoms with Crippen LogP contribution in [0.25, 0.3) is 28.4 Å². The number of nitrogen functional groups attached to an aromatic ring is 1. The van der Waals surface area contributed by atoms with Crippen LogP contribution in [-0.2, 0) is 24.7 Å². The third-order valence-corrected chi connectivity index (χ3v) is 12.4. The van der Waals surface area contributed by atoms with E-state index in [1.807, 2.05) is 17.1 Å². The molecule has 12 nitrogen and oxygen atoms in total. The summed E-state index contributed by atoms with van der Waals surface area (Å²) >= 11 is 1.54. The fourth-order valence-electron chi connectivity index (χ4n) is 9.04. The minimum Gasteiger partial charge on any atom is -0.389 e. The molecule has 1 fully saturated rings. The summed E-state index contributed by atoms with van der Waals surface area (Å²) in [5.41, 5.74) is 11.7. The van der Waals surface area contributed by atoms with Crippen LogP contribution in [0.3, 0.4) is 0 Å². The molecule has 5 aromatic rings. The maximum absolute atomic E-state index is 10.7. The SMILES string of the molecule is CC(C1CCCN1C)n1ncc2c(-n3cc4c(n3)C(O)CCC4)nc(-c3noc4c3CCCC43CCCc4sc(N)c(C#N)c43)nc21. The highest BCUT2D eigenvalue weighted by Crippen LogP contribution is 2.55. The molecule has 4 unspecified atom stereocenters. The zero-order valence-corrected chi connectivity index (χ0v) is 27.6. The van der Waals surface area contributed by atoms with E-state index < -0.39 is 11.5 Å². The Labute approximate surface area is 276 Å². The lowest BCUT2D eigenvalue weighted by Gasteiger charge is -2.39. The molecule has 0 bridgehead atoms. The average Bonchev–Trinajstić information content (AvgIpc) is 3.90. The molecule has 1 aliphatic heterocycles. The number of aryl methyl sites for hydroxylation is 2. The van der Waals surface area contributed by atoms with Crippen LogP contribution >= 0.6 is 11.3 Å². The Hall–Kier alpha value is -4.12. The molecule has 3 aliphatic carbocycles. The molecular formula is C34H38N10O2S. The van der Waals surface area contributed by atoms with Gasteiger partial charge in [-0.25, -0.2) is 19.3 Å². The highest BCUT2D eigenvalue weighted by molar-refractivity contribution is 7.16. The van der Waals surface area contributed by atoms with Crippen molar-refractivity contribution >= 4 is 27.4 Å². The molecule has 13 heteroatoms. The number of likely N-dealkylation sites (N-methyl/N-ethyl adjacent to an activating group) is 1. The lowest BCUT2D eigenvalue weighted by Crippen LogP contribution is -2.35. The lowest BCUT2D eigenvalue weighted by atomic mass is 9.63. The molecule has 0 aromatic carbocycles. The first-order valence-corrected chi connectivity index (χ1v) is 17.7. The molecule has 3 N–H and O–H groups in total. The quantitative estimate of drug-likeness (QED) is 0.266. The van der Waals surface area contributed by atoms with Gasteiger partial charge in [-0.3, -0.25) is 0 Å². The maximum atomic E-state index is 10.7. The third-order valence-electron chi connectivity index (χ3n) is 11.3. The fourth-order valence-corrected chi connectivity index (χ4v) is 10.2. The van der Waals surface area contributed by atoms with Crippen LogP contribution < -0.4 is 5.73 Å². The molecule has 1 spiro atoms. The Morgan fingerprint density at radius 1 is 1.15 bits per heavy atom. The molecule has 0 saturated carbocycles. The number of rotatable bonds is 4. The van der Waals surface area contributed by atoms with E-state index in [-0.39, 0.29) is 6.04 Å². The molecule has 0 amide bonds. The van der Waals surface area contributed by atoms with Gasteiger partial charge in [0.1, 0.15) is 11.1 Å². The number of aromatic nitrogens is 7. The topological polar surface area (TPSA) is 161 Å². The van der Waals surface area contributed by atoms with Crippen molar-refractivity contribution in [3.05, 3.63) is 51.0 Å². The summed E-state index contributed by atoms with van der Waals surface area (Å²) < 4.78 is 10.2. The smallest absolute Gasteiger partial charge is 0.186 e. The van der Waals surface area contributed by atoms with Crippen LogP contribution in [-0.4, -0.2) is 64.3 Å². The second kappa shape index (κ2) is 10.7. The highest BCUT2D eigenvalue weighted by Gasteiger charge is 2.49. The highest BCUT2D eigenvalue weighted by atomic mass is 32.1. The van der Waals surface area contributed by atoms with Gasteiger partial charge in [0, 0.05) is 22.7 Å². The first kappa shape index (κ1) is 29.1. The number of aliphatic hydroxyl groups excluding tert-OH is 1. The Morgan fingerprint density at radius 2 is 2.00 bits per heavy atom. The summed E-state index contributed by atoms with van der Waals surface area (Å²) in [7, 11) is 2.18. The molecule has 242 valence electrons. The van der Waals surface area contributed by atoms with E-state index in [1.165, 1.54) is 4.88 Å². The molecule has 5 aromatic heterocycles. The summed E-state index contributed by atoms with van der Waals surface area (Å²) in [6, 6.07) is 2.85. The van der Waals surface area contributed by atoms with E-state index in [0.717, 1.165) is 110 Å². The summed E-state index contributed by atoms with van der Waals surface area (Å²) in [4.78, 5) is 13.9. The van der Waals surface area contributed by atoms with Crippen molar-refractivity contribution in [1.29, 1.82) is 5.26 Å². The van der Waals surface area contributed by atoms with E-state index >= 15 is 0 Å². The largest absolute Gasteiger partial charge is 0.389 e. The maximum Gasteiger partial charge on any atom is 0.186 e. The van der Waals surface area contributed by atoms with Crippen molar-refractivity contribution in [3.63, 3.8) is 0 Å². The molecule has 0 radical (unpaired) electrons. The van der Waals surface area contributed by atoms with Gasteiger partial charge in [0.25, 0.3) is 0 Å². The van der Waals surface area contributed by atoms with Crippen molar-refractivity contribution < 1.29 is 9.63 Å². The zero-order chi connectivity index (χ0) is 32.0. The minimum absolute atomic E-state index is 0.0897.